The highest BCUT2D eigenvalue weighted by atomic mass is 35.5. The Hall–Kier alpha value is -1.40. The van der Waals surface area contributed by atoms with Crippen LogP contribution in [0.3, 0.4) is 0 Å². The topological polar surface area (TPSA) is 43.1 Å². The van der Waals surface area contributed by atoms with Crippen LogP contribution in [0, 0.1) is 6.92 Å². The first-order chi connectivity index (χ1) is 11.2. The van der Waals surface area contributed by atoms with E-state index < -0.39 is 0 Å². The van der Waals surface area contributed by atoms with Crippen LogP contribution in [0.2, 0.25) is 5.02 Å². The summed E-state index contributed by atoms with van der Waals surface area (Å²) in [4.78, 5) is 6.13. The normalized spacial score (nSPS) is 12.2. The van der Waals surface area contributed by atoms with Gasteiger partial charge in [0.1, 0.15) is 17.4 Å². The maximum Gasteiger partial charge on any atom is 0.160 e. The molecule has 4 nitrogen and oxygen atoms in total. The molecule has 3 aromatic rings. The quantitative estimate of drug-likeness (QED) is 0.588. The van der Waals surface area contributed by atoms with E-state index in [4.69, 9.17) is 16.6 Å². The molecule has 0 saturated heterocycles. The molecule has 0 atom stereocenters. The van der Waals surface area contributed by atoms with Gasteiger partial charge in [-0.25, -0.2) is 0 Å². The van der Waals surface area contributed by atoms with E-state index in [0.717, 1.165) is 44.9 Å². The van der Waals surface area contributed by atoms with Crippen molar-refractivity contribution in [2.24, 2.45) is 4.99 Å². The molecule has 0 fully saturated rings. The number of aliphatic imine (C=N–C) groups is 1. The molecule has 2 aromatic heterocycles. The Bertz CT molecular complexity index is 930. The zero-order chi connectivity index (χ0) is 16.0. The molecule has 1 aliphatic heterocycles. The standard InChI is InChI=1S/C17H15ClN4S.2ClH/c1-3-11-8-13-16(12-6-4-5-7-14(12)18)19-9-15-21-20-10(2)22(15)17(13)23-11;;/h4-8H,3,9H2,1-2H3;2*1H. The minimum Gasteiger partial charge on any atom is -0.276 e. The molecule has 25 heavy (non-hydrogen) atoms. The van der Waals surface area contributed by atoms with Crippen LogP contribution in [-0.2, 0) is 13.0 Å². The predicted octanol–water partition coefficient (Wildman–Crippen LogP) is 5.05. The second kappa shape index (κ2) is 7.87. The number of fused-ring (bicyclic) bond motifs is 3. The van der Waals surface area contributed by atoms with E-state index in [1.54, 1.807) is 11.3 Å². The first-order valence-electron chi connectivity index (χ1n) is 7.52. The molecule has 1 aromatic carbocycles. The summed E-state index contributed by atoms with van der Waals surface area (Å²) in [5, 5.41) is 10.3. The molecule has 0 bridgehead atoms. The van der Waals surface area contributed by atoms with E-state index in [2.05, 4.69) is 27.8 Å². The Morgan fingerprint density at radius 1 is 1.16 bits per heavy atom. The maximum absolute atomic E-state index is 6.42. The average Bonchev–Trinajstić information content (AvgIpc) is 3.09. The van der Waals surface area contributed by atoms with Gasteiger partial charge in [-0.3, -0.25) is 9.56 Å². The van der Waals surface area contributed by atoms with Crippen molar-refractivity contribution in [2.45, 2.75) is 26.8 Å². The summed E-state index contributed by atoms with van der Waals surface area (Å²) >= 11 is 8.20. The van der Waals surface area contributed by atoms with Crippen LogP contribution < -0.4 is 0 Å². The molecule has 1 aliphatic rings. The second-order valence-corrected chi connectivity index (χ2v) is 6.95. The Kier molecular flexibility index (Phi) is 6.27. The number of aryl methyl sites for hydroxylation is 2. The number of aromatic nitrogens is 3. The SMILES string of the molecule is CCc1cc2c(s1)-n1c(C)nnc1CN=C2c1ccccc1Cl.Cl.Cl. The largest absolute Gasteiger partial charge is 0.276 e. The van der Waals surface area contributed by atoms with Crippen LogP contribution >= 0.6 is 47.8 Å². The first-order valence-corrected chi connectivity index (χ1v) is 8.72. The highest BCUT2D eigenvalue weighted by Crippen LogP contribution is 2.34. The van der Waals surface area contributed by atoms with Crippen LogP contribution in [0.5, 0.6) is 0 Å². The van der Waals surface area contributed by atoms with Gasteiger partial charge in [0.25, 0.3) is 0 Å². The van der Waals surface area contributed by atoms with Crippen molar-refractivity contribution >= 4 is 53.5 Å². The molecular weight excluding hydrogens is 399 g/mol. The molecule has 0 aliphatic carbocycles. The Balaban J connectivity index is 0.00000113. The van der Waals surface area contributed by atoms with E-state index >= 15 is 0 Å². The van der Waals surface area contributed by atoms with Crippen molar-refractivity contribution in [1.29, 1.82) is 0 Å². The van der Waals surface area contributed by atoms with Crippen LogP contribution in [-0.4, -0.2) is 20.5 Å². The van der Waals surface area contributed by atoms with Gasteiger partial charge in [-0.05, 0) is 25.5 Å². The summed E-state index contributed by atoms with van der Waals surface area (Å²) in [6.07, 6.45) is 0.990. The fourth-order valence-electron chi connectivity index (χ4n) is 2.83. The number of thiophene rings is 1. The molecule has 132 valence electrons. The lowest BCUT2D eigenvalue weighted by Crippen LogP contribution is -2.05. The molecule has 0 N–H and O–H groups in total. The van der Waals surface area contributed by atoms with Crippen molar-refractivity contribution in [3.63, 3.8) is 0 Å². The molecule has 0 amide bonds. The van der Waals surface area contributed by atoms with E-state index in [9.17, 15) is 0 Å². The summed E-state index contributed by atoms with van der Waals surface area (Å²) in [5.74, 6) is 1.76. The van der Waals surface area contributed by atoms with Crippen LogP contribution in [0.1, 0.15) is 34.6 Å². The van der Waals surface area contributed by atoms with Gasteiger partial charge >= 0.3 is 0 Å². The number of benzene rings is 1. The van der Waals surface area contributed by atoms with Gasteiger partial charge in [0, 0.05) is 21.0 Å². The number of rotatable bonds is 2. The molecule has 0 saturated carbocycles. The highest BCUT2D eigenvalue weighted by molar-refractivity contribution is 7.15. The number of nitrogens with zero attached hydrogens (tertiary/aromatic N) is 4. The smallest absolute Gasteiger partial charge is 0.160 e. The third kappa shape index (κ3) is 3.34. The van der Waals surface area contributed by atoms with Gasteiger partial charge in [0.05, 0.1) is 5.71 Å². The molecule has 0 radical (unpaired) electrons. The minimum atomic E-state index is 0. The monoisotopic (exact) mass is 414 g/mol. The molecule has 8 heteroatoms. The molecule has 0 unspecified atom stereocenters. The third-order valence-corrected chi connectivity index (χ3v) is 5.56. The van der Waals surface area contributed by atoms with Gasteiger partial charge in [0.15, 0.2) is 5.82 Å². The summed E-state index contributed by atoms with van der Waals surface area (Å²) < 4.78 is 2.12. The summed E-state index contributed by atoms with van der Waals surface area (Å²) in [6.45, 7) is 4.65. The van der Waals surface area contributed by atoms with E-state index in [1.165, 1.54) is 4.88 Å². The third-order valence-electron chi connectivity index (χ3n) is 3.97. The zero-order valence-electron chi connectivity index (χ0n) is 13.7. The molecule has 0 spiro atoms. The van der Waals surface area contributed by atoms with Gasteiger partial charge in [-0.15, -0.1) is 46.3 Å². The van der Waals surface area contributed by atoms with E-state index in [1.807, 2.05) is 31.2 Å². The van der Waals surface area contributed by atoms with E-state index in [0.29, 0.717) is 6.54 Å². The number of halogens is 3. The molecule has 4 rings (SSSR count). The predicted molar refractivity (Wildman–Crippen MR) is 109 cm³/mol. The van der Waals surface area contributed by atoms with Crippen molar-refractivity contribution in [1.82, 2.24) is 14.8 Å². The molecule has 3 heterocycles. The van der Waals surface area contributed by atoms with Crippen molar-refractivity contribution in [3.8, 4) is 5.00 Å². The fraction of sp³-hybridized carbons (Fsp3) is 0.235. The highest BCUT2D eigenvalue weighted by Gasteiger charge is 2.24. The zero-order valence-corrected chi connectivity index (χ0v) is 16.9. The fourth-order valence-corrected chi connectivity index (χ4v) is 4.22. The average molecular weight is 416 g/mol. The van der Waals surface area contributed by atoms with E-state index in [-0.39, 0.29) is 24.8 Å². The Morgan fingerprint density at radius 2 is 1.92 bits per heavy atom. The maximum atomic E-state index is 6.42. The Morgan fingerprint density at radius 3 is 2.64 bits per heavy atom. The molecular formula is C17H17Cl3N4S. The minimum absolute atomic E-state index is 0. The summed E-state index contributed by atoms with van der Waals surface area (Å²) in [6, 6.07) is 10.1. The number of hydrogen-bond donors (Lipinski definition) is 0. The summed E-state index contributed by atoms with van der Waals surface area (Å²) in [5.41, 5.74) is 3.01. The van der Waals surface area contributed by atoms with Gasteiger partial charge in [-0.1, -0.05) is 36.7 Å². The summed E-state index contributed by atoms with van der Waals surface area (Å²) in [7, 11) is 0. The van der Waals surface area contributed by atoms with Crippen molar-refractivity contribution in [2.75, 3.05) is 0 Å². The lowest BCUT2D eigenvalue weighted by molar-refractivity contribution is 0.869. The first kappa shape index (κ1) is 19.9. The van der Waals surface area contributed by atoms with Crippen LogP contribution in [0.25, 0.3) is 5.00 Å². The second-order valence-electron chi connectivity index (χ2n) is 5.43. The Labute approximate surface area is 167 Å². The van der Waals surface area contributed by atoms with Crippen LogP contribution in [0.15, 0.2) is 35.3 Å². The lowest BCUT2D eigenvalue weighted by atomic mass is 10.0. The van der Waals surface area contributed by atoms with Crippen molar-refractivity contribution < 1.29 is 0 Å². The van der Waals surface area contributed by atoms with Crippen LogP contribution in [0.4, 0.5) is 0 Å². The lowest BCUT2D eigenvalue weighted by Gasteiger charge is -2.08. The van der Waals surface area contributed by atoms with Crippen molar-refractivity contribution in [3.05, 3.63) is 63.0 Å². The van der Waals surface area contributed by atoms with Gasteiger partial charge < -0.3 is 0 Å². The van der Waals surface area contributed by atoms with Gasteiger partial charge in [-0.2, -0.15) is 0 Å². The number of hydrogen-bond acceptors (Lipinski definition) is 4. The van der Waals surface area contributed by atoms with Gasteiger partial charge in [0.2, 0.25) is 0 Å².